The van der Waals surface area contributed by atoms with Crippen molar-refractivity contribution in [3.05, 3.63) is 64.7 Å². The van der Waals surface area contributed by atoms with E-state index < -0.39 is 8.38 Å². The summed E-state index contributed by atoms with van der Waals surface area (Å²) in [6, 6.07) is 16.2. The summed E-state index contributed by atoms with van der Waals surface area (Å²) in [5.74, 6) is 0. The lowest BCUT2D eigenvalue weighted by Gasteiger charge is -2.28. The highest BCUT2D eigenvalue weighted by molar-refractivity contribution is 7.48. The lowest BCUT2D eigenvalue weighted by molar-refractivity contribution is 0.265. The van der Waals surface area contributed by atoms with Gasteiger partial charge in [0, 0.05) is 17.8 Å². The SMILES string of the molecule is CCOP(OCC)C(c1ccccc1)c1cc(Cl)ccc1NC. The van der Waals surface area contributed by atoms with Gasteiger partial charge in [-0.05, 0) is 43.2 Å². The number of nitrogens with one attached hydrogen (secondary N) is 1. The molecule has 0 fully saturated rings. The Balaban J connectivity index is 2.55. The summed E-state index contributed by atoms with van der Waals surface area (Å²) in [5.41, 5.74) is 3.31. The molecule has 0 spiro atoms. The maximum atomic E-state index is 6.26. The quantitative estimate of drug-likeness (QED) is 0.604. The van der Waals surface area contributed by atoms with Crippen LogP contribution in [0.3, 0.4) is 0 Å². The van der Waals surface area contributed by atoms with Gasteiger partial charge in [0.05, 0.1) is 18.9 Å². The first kappa shape index (κ1) is 18.2. The second-order valence-electron chi connectivity index (χ2n) is 4.92. The van der Waals surface area contributed by atoms with E-state index in [0.29, 0.717) is 18.2 Å². The van der Waals surface area contributed by atoms with Crippen molar-refractivity contribution in [2.75, 3.05) is 25.6 Å². The molecule has 3 nitrogen and oxygen atoms in total. The summed E-state index contributed by atoms with van der Waals surface area (Å²) in [7, 11) is 0.805. The fourth-order valence-electron chi connectivity index (χ4n) is 2.48. The van der Waals surface area contributed by atoms with Crippen molar-refractivity contribution in [1.29, 1.82) is 0 Å². The van der Waals surface area contributed by atoms with Crippen LogP contribution in [0.25, 0.3) is 0 Å². The summed E-state index contributed by atoms with van der Waals surface area (Å²) in [5, 5.41) is 3.96. The third kappa shape index (κ3) is 4.68. The zero-order chi connectivity index (χ0) is 16.7. The third-order valence-corrected chi connectivity index (χ3v) is 5.67. The predicted octanol–water partition coefficient (Wildman–Crippen LogP) is 5.86. The van der Waals surface area contributed by atoms with Crippen molar-refractivity contribution in [2.45, 2.75) is 19.5 Å². The molecular weight excluding hydrogens is 329 g/mol. The molecule has 0 aliphatic carbocycles. The fourth-order valence-corrected chi connectivity index (χ4v) is 4.40. The van der Waals surface area contributed by atoms with E-state index in [2.05, 4.69) is 17.4 Å². The monoisotopic (exact) mass is 351 g/mol. The Morgan fingerprint density at radius 1 is 1.04 bits per heavy atom. The number of benzene rings is 2. The molecule has 0 heterocycles. The number of halogens is 1. The Morgan fingerprint density at radius 3 is 2.26 bits per heavy atom. The van der Waals surface area contributed by atoms with Crippen LogP contribution in [0.2, 0.25) is 5.02 Å². The lowest BCUT2D eigenvalue weighted by Crippen LogP contribution is -2.07. The van der Waals surface area contributed by atoms with Gasteiger partial charge in [0.25, 0.3) is 0 Å². The first-order chi connectivity index (χ1) is 11.2. The lowest BCUT2D eigenvalue weighted by atomic mass is 10.0. The molecule has 2 aromatic carbocycles. The van der Waals surface area contributed by atoms with E-state index in [1.54, 1.807) is 0 Å². The molecular formula is C18H23ClNO2P. The summed E-state index contributed by atoms with van der Waals surface area (Å²) in [6.45, 7) is 5.22. The van der Waals surface area contributed by atoms with Crippen molar-refractivity contribution in [3.8, 4) is 0 Å². The molecule has 0 radical (unpaired) electrons. The summed E-state index contributed by atoms with van der Waals surface area (Å²) < 4.78 is 11.9. The third-order valence-electron chi connectivity index (χ3n) is 3.42. The van der Waals surface area contributed by atoms with E-state index in [4.69, 9.17) is 20.6 Å². The van der Waals surface area contributed by atoms with E-state index >= 15 is 0 Å². The van der Waals surface area contributed by atoms with Crippen LogP contribution in [0.4, 0.5) is 5.69 Å². The second-order valence-corrected chi connectivity index (χ2v) is 6.96. The minimum atomic E-state index is -1.11. The predicted molar refractivity (Wildman–Crippen MR) is 99.5 cm³/mol. The molecule has 2 rings (SSSR count). The van der Waals surface area contributed by atoms with Crippen LogP contribution in [-0.4, -0.2) is 20.3 Å². The molecule has 1 N–H and O–H groups in total. The van der Waals surface area contributed by atoms with Gasteiger partial charge in [-0.1, -0.05) is 41.9 Å². The van der Waals surface area contributed by atoms with E-state index in [-0.39, 0.29) is 5.66 Å². The van der Waals surface area contributed by atoms with Gasteiger partial charge >= 0.3 is 0 Å². The van der Waals surface area contributed by atoms with Crippen LogP contribution in [0.15, 0.2) is 48.5 Å². The second kappa shape index (κ2) is 9.24. The molecule has 0 amide bonds. The molecule has 5 heteroatoms. The number of rotatable bonds is 8. The zero-order valence-corrected chi connectivity index (χ0v) is 15.4. The van der Waals surface area contributed by atoms with Crippen LogP contribution < -0.4 is 5.32 Å². The highest BCUT2D eigenvalue weighted by Gasteiger charge is 2.29. The summed E-state index contributed by atoms with van der Waals surface area (Å²) in [4.78, 5) is 0. The van der Waals surface area contributed by atoms with E-state index in [0.717, 1.165) is 11.3 Å². The minimum absolute atomic E-state index is 0.00671. The molecule has 0 aliphatic rings. The normalized spacial score (nSPS) is 12.4. The average molecular weight is 352 g/mol. The van der Waals surface area contributed by atoms with Gasteiger partial charge in [-0.3, -0.25) is 0 Å². The standard InChI is InChI=1S/C18H23ClNO2P/c1-4-21-23(22-5-2)18(14-9-7-6-8-10-14)16-13-15(19)11-12-17(16)20-3/h6-13,18,20H,4-5H2,1-3H3. The van der Waals surface area contributed by atoms with Gasteiger partial charge in [-0.15, -0.1) is 0 Å². The van der Waals surface area contributed by atoms with Gasteiger partial charge in [0.2, 0.25) is 0 Å². The topological polar surface area (TPSA) is 30.5 Å². The maximum Gasteiger partial charge on any atom is 0.183 e. The number of anilines is 1. The van der Waals surface area contributed by atoms with Crippen LogP contribution in [-0.2, 0) is 9.05 Å². The molecule has 1 atom stereocenters. The Kier molecular flexibility index (Phi) is 7.32. The fraction of sp³-hybridized carbons (Fsp3) is 0.333. The van der Waals surface area contributed by atoms with Crippen LogP contribution in [0, 0.1) is 0 Å². The van der Waals surface area contributed by atoms with Crippen molar-refractivity contribution in [2.24, 2.45) is 0 Å². The van der Waals surface area contributed by atoms with Gasteiger partial charge in [-0.25, -0.2) is 0 Å². The Labute approximate surface area is 144 Å². The highest BCUT2D eigenvalue weighted by Crippen LogP contribution is 2.57. The van der Waals surface area contributed by atoms with E-state index in [9.17, 15) is 0 Å². The average Bonchev–Trinajstić information content (AvgIpc) is 2.57. The number of hydrogen-bond donors (Lipinski definition) is 1. The minimum Gasteiger partial charge on any atom is -0.388 e. The van der Waals surface area contributed by atoms with E-state index in [1.807, 2.05) is 57.3 Å². The van der Waals surface area contributed by atoms with Gasteiger partial charge in [0.15, 0.2) is 8.38 Å². The zero-order valence-electron chi connectivity index (χ0n) is 13.8. The largest absolute Gasteiger partial charge is 0.388 e. The first-order valence-electron chi connectivity index (χ1n) is 7.78. The molecule has 0 saturated heterocycles. The van der Waals surface area contributed by atoms with Crippen LogP contribution >= 0.6 is 20.0 Å². The first-order valence-corrected chi connectivity index (χ1v) is 9.40. The molecule has 2 aromatic rings. The van der Waals surface area contributed by atoms with Crippen molar-refractivity contribution >= 4 is 25.7 Å². The maximum absolute atomic E-state index is 6.26. The van der Waals surface area contributed by atoms with Crippen LogP contribution in [0.5, 0.6) is 0 Å². The van der Waals surface area contributed by atoms with Crippen molar-refractivity contribution < 1.29 is 9.05 Å². The molecule has 124 valence electrons. The highest BCUT2D eigenvalue weighted by atomic mass is 35.5. The number of hydrogen-bond acceptors (Lipinski definition) is 3. The summed E-state index contributed by atoms with van der Waals surface area (Å²) in [6.07, 6.45) is 0. The Bertz CT molecular complexity index is 603. The van der Waals surface area contributed by atoms with Gasteiger partial charge in [0.1, 0.15) is 0 Å². The van der Waals surface area contributed by atoms with E-state index in [1.165, 1.54) is 5.56 Å². The smallest absolute Gasteiger partial charge is 0.183 e. The van der Waals surface area contributed by atoms with Crippen molar-refractivity contribution in [1.82, 2.24) is 0 Å². The molecule has 0 aromatic heterocycles. The van der Waals surface area contributed by atoms with Crippen molar-refractivity contribution in [3.63, 3.8) is 0 Å². The van der Waals surface area contributed by atoms with Gasteiger partial charge < -0.3 is 14.4 Å². The Morgan fingerprint density at radius 2 is 1.70 bits per heavy atom. The summed E-state index contributed by atoms with van der Waals surface area (Å²) >= 11 is 6.26. The Hall–Kier alpha value is -1.12. The molecule has 23 heavy (non-hydrogen) atoms. The van der Waals surface area contributed by atoms with Crippen LogP contribution in [0.1, 0.15) is 30.6 Å². The molecule has 0 bridgehead atoms. The molecule has 1 unspecified atom stereocenters. The molecule has 0 aliphatic heterocycles. The molecule has 0 saturated carbocycles. The van der Waals surface area contributed by atoms with Gasteiger partial charge in [-0.2, -0.15) is 0 Å².